The van der Waals surface area contributed by atoms with Crippen molar-refractivity contribution in [3.8, 4) is 22.0 Å². The van der Waals surface area contributed by atoms with Crippen LogP contribution in [-0.2, 0) is 0 Å². The molecule has 5 heteroatoms. The summed E-state index contributed by atoms with van der Waals surface area (Å²) in [6, 6.07) is 25.8. The van der Waals surface area contributed by atoms with Crippen LogP contribution in [0.5, 0.6) is 0 Å². The fourth-order valence-electron chi connectivity index (χ4n) is 3.75. The van der Waals surface area contributed by atoms with Crippen LogP contribution < -0.4 is 5.56 Å². The molecule has 0 atom stereocenters. The van der Waals surface area contributed by atoms with Gasteiger partial charge in [0.1, 0.15) is 16.3 Å². The molecule has 132 valence electrons. The highest BCUT2D eigenvalue weighted by atomic mass is 32.1. The van der Waals surface area contributed by atoms with Crippen LogP contribution in [-0.4, -0.2) is 14.4 Å². The molecule has 0 amide bonds. The maximum absolute atomic E-state index is 13.5. The fraction of sp³-hybridized carbons (Fsp3) is 0. The Hall–Kier alpha value is -3.57. The van der Waals surface area contributed by atoms with Gasteiger partial charge in [0.15, 0.2) is 0 Å². The molecule has 6 rings (SSSR count). The van der Waals surface area contributed by atoms with Gasteiger partial charge in [-0.15, -0.1) is 11.3 Å². The van der Waals surface area contributed by atoms with Crippen molar-refractivity contribution in [3.63, 3.8) is 0 Å². The maximum atomic E-state index is 13.5. The lowest BCUT2D eigenvalue weighted by atomic mass is 10.2. The lowest BCUT2D eigenvalue weighted by Gasteiger charge is -2.02. The molecular weight excluding hydrogens is 366 g/mol. The average molecular weight is 379 g/mol. The molecule has 0 aliphatic rings. The SMILES string of the molecule is O=c1c2nc(-c3ccccc3)sc2c2cccc3nc(-c4ccccc4)n1c32. The Labute approximate surface area is 163 Å². The molecule has 3 heterocycles. The molecule has 0 N–H and O–H groups in total. The second-order valence-corrected chi connectivity index (χ2v) is 7.68. The van der Waals surface area contributed by atoms with Gasteiger partial charge in [-0.3, -0.25) is 9.20 Å². The number of imidazole rings is 1. The first-order valence-electron chi connectivity index (χ1n) is 8.99. The van der Waals surface area contributed by atoms with E-state index in [2.05, 4.69) is 0 Å². The molecule has 0 aliphatic carbocycles. The molecule has 0 fully saturated rings. The Kier molecular flexibility index (Phi) is 3.16. The van der Waals surface area contributed by atoms with Crippen LogP contribution in [0.4, 0.5) is 0 Å². The molecule has 4 nitrogen and oxygen atoms in total. The van der Waals surface area contributed by atoms with Gasteiger partial charge in [-0.2, -0.15) is 0 Å². The van der Waals surface area contributed by atoms with Gasteiger partial charge in [0.2, 0.25) is 0 Å². The van der Waals surface area contributed by atoms with Crippen molar-refractivity contribution in [2.24, 2.45) is 0 Å². The van der Waals surface area contributed by atoms with E-state index in [0.717, 1.165) is 37.3 Å². The van der Waals surface area contributed by atoms with E-state index in [1.165, 1.54) is 0 Å². The van der Waals surface area contributed by atoms with E-state index in [9.17, 15) is 4.79 Å². The molecule has 28 heavy (non-hydrogen) atoms. The molecule has 0 saturated heterocycles. The molecule has 0 unspecified atom stereocenters. The zero-order valence-electron chi connectivity index (χ0n) is 14.7. The molecule has 0 bridgehead atoms. The van der Waals surface area contributed by atoms with E-state index >= 15 is 0 Å². The number of hydrogen-bond acceptors (Lipinski definition) is 4. The lowest BCUT2D eigenvalue weighted by Crippen LogP contribution is -2.14. The van der Waals surface area contributed by atoms with Crippen molar-refractivity contribution < 1.29 is 0 Å². The summed E-state index contributed by atoms with van der Waals surface area (Å²) in [5.74, 6) is 0.660. The van der Waals surface area contributed by atoms with E-state index in [4.69, 9.17) is 9.97 Å². The minimum atomic E-state index is -0.117. The largest absolute Gasteiger partial charge is 0.284 e. The Bertz CT molecular complexity index is 1520. The molecule has 0 radical (unpaired) electrons. The van der Waals surface area contributed by atoms with Crippen LogP contribution in [0.1, 0.15) is 0 Å². The Morgan fingerprint density at radius 1 is 0.750 bits per heavy atom. The summed E-state index contributed by atoms with van der Waals surface area (Å²) in [5, 5.41) is 1.87. The Morgan fingerprint density at radius 3 is 2.21 bits per heavy atom. The van der Waals surface area contributed by atoms with E-state index in [-0.39, 0.29) is 5.56 Å². The smallest absolute Gasteiger partial charge is 0.266 e. The number of fused-ring (bicyclic) bond motifs is 2. The summed E-state index contributed by atoms with van der Waals surface area (Å²) < 4.78 is 2.64. The van der Waals surface area contributed by atoms with E-state index < -0.39 is 0 Å². The predicted molar refractivity (Wildman–Crippen MR) is 114 cm³/mol. The normalized spacial score (nSPS) is 11.7. The minimum Gasteiger partial charge on any atom is -0.266 e. The van der Waals surface area contributed by atoms with Gasteiger partial charge < -0.3 is 0 Å². The Balaban J connectivity index is 1.78. The number of hydrogen-bond donors (Lipinski definition) is 0. The fourth-order valence-corrected chi connectivity index (χ4v) is 4.83. The molecule has 3 aromatic carbocycles. The predicted octanol–water partition coefficient (Wildman–Crippen LogP) is 5.23. The summed E-state index contributed by atoms with van der Waals surface area (Å²) in [5.41, 5.74) is 4.01. The topological polar surface area (TPSA) is 47.3 Å². The van der Waals surface area contributed by atoms with Crippen LogP contribution in [0.15, 0.2) is 83.7 Å². The molecule has 0 aliphatic heterocycles. The average Bonchev–Trinajstić information content (AvgIpc) is 3.37. The third-order valence-corrected chi connectivity index (χ3v) is 6.14. The van der Waals surface area contributed by atoms with Gasteiger partial charge in [0, 0.05) is 16.5 Å². The van der Waals surface area contributed by atoms with Gasteiger partial charge in [-0.1, -0.05) is 72.8 Å². The van der Waals surface area contributed by atoms with Crippen molar-refractivity contribution in [1.82, 2.24) is 14.4 Å². The van der Waals surface area contributed by atoms with Crippen LogP contribution >= 0.6 is 11.3 Å². The number of aromatic nitrogens is 3. The van der Waals surface area contributed by atoms with Gasteiger partial charge in [0.05, 0.1) is 15.7 Å². The summed E-state index contributed by atoms with van der Waals surface area (Å²) in [6.07, 6.45) is 0. The van der Waals surface area contributed by atoms with Gasteiger partial charge in [-0.25, -0.2) is 9.97 Å². The zero-order chi connectivity index (χ0) is 18.7. The van der Waals surface area contributed by atoms with Gasteiger partial charge >= 0.3 is 0 Å². The molecule has 0 saturated carbocycles. The Morgan fingerprint density at radius 2 is 1.46 bits per heavy atom. The van der Waals surface area contributed by atoms with E-state index in [1.807, 2.05) is 78.9 Å². The minimum absolute atomic E-state index is 0.117. The maximum Gasteiger partial charge on any atom is 0.284 e. The monoisotopic (exact) mass is 379 g/mol. The second kappa shape index (κ2) is 5.71. The van der Waals surface area contributed by atoms with Crippen molar-refractivity contribution in [1.29, 1.82) is 0 Å². The number of nitrogens with zero attached hydrogens (tertiary/aromatic N) is 3. The summed E-state index contributed by atoms with van der Waals surface area (Å²) in [4.78, 5) is 23.0. The number of para-hydroxylation sites is 1. The highest BCUT2D eigenvalue weighted by Crippen LogP contribution is 2.36. The molecule has 0 spiro atoms. The van der Waals surface area contributed by atoms with Gasteiger partial charge in [-0.05, 0) is 6.07 Å². The molecular formula is C23H13N3OS. The van der Waals surface area contributed by atoms with Crippen LogP contribution in [0.25, 0.3) is 48.6 Å². The summed E-state index contributed by atoms with van der Waals surface area (Å²) >= 11 is 1.56. The summed E-state index contributed by atoms with van der Waals surface area (Å²) in [6.45, 7) is 0. The summed E-state index contributed by atoms with van der Waals surface area (Å²) in [7, 11) is 0. The first kappa shape index (κ1) is 15.5. The first-order valence-corrected chi connectivity index (χ1v) is 9.81. The standard InChI is InChI=1S/C23H13N3OS/c27-23-18-20(28-22(25-18)15-10-5-2-6-11-15)16-12-7-13-17-19(16)26(23)21(24-17)14-8-3-1-4-9-14/h1-13H. The van der Waals surface area contributed by atoms with Gasteiger partial charge in [0.25, 0.3) is 5.56 Å². The van der Waals surface area contributed by atoms with Crippen molar-refractivity contribution in [2.45, 2.75) is 0 Å². The number of benzene rings is 3. The lowest BCUT2D eigenvalue weighted by molar-refractivity contribution is 1.12. The number of rotatable bonds is 2. The third kappa shape index (κ3) is 2.08. The van der Waals surface area contributed by atoms with Crippen LogP contribution in [0, 0.1) is 0 Å². The quantitative estimate of drug-likeness (QED) is 0.414. The van der Waals surface area contributed by atoms with Crippen LogP contribution in [0.2, 0.25) is 0 Å². The number of thiazole rings is 1. The number of pyridine rings is 1. The van der Waals surface area contributed by atoms with E-state index in [1.54, 1.807) is 15.7 Å². The van der Waals surface area contributed by atoms with Crippen molar-refractivity contribution >= 4 is 38.0 Å². The van der Waals surface area contributed by atoms with Crippen molar-refractivity contribution in [3.05, 3.63) is 89.2 Å². The van der Waals surface area contributed by atoms with Crippen molar-refractivity contribution in [2.75, 3.05) is 0 Å². The molecule has 6 aromatic rings. The third-order valence-electron chi connectivity index (χ3n) is 5.01. The highest BCUT2D eigenvalue weighted by molar-refractivity contribution is 7.22. The first-order chi connectivity index (χ1) is 13.8. The van der Waals surface area contributed by atoms with E-state index in [0.29, 0.717) is 11.3 Å². The highest BCUT2D eigenvalue weighted by Gasteiger charge is 2.21. The van der Waals surface area contributed by atoms with Crippen LogP contribution in [0.3, 0.4) is 0 Å². The zero-order valence-corrected chi connectivity index (χ0v) is 15.5. The molecule has 3 aromatic heterocycles. The second-order valence-electron chi connectivity index (χ2n) is 6.68.